The van der Waals surface area contributed by atoms with Crippen LogP contribution in [-0.4, -0.2) is 58.9 Å². The third kappa shape index (κ3) is 4.63. The summed E-state index contributed by atoms with van der Waals surface area (Å²) in [4.78, 5) is 24.9. The number of hydrogen-bond donors (Lipinski definition) is 0. The van der Waals surface area contributed by atoms with Crippen molar-refractivity contribution in [1.82, 2.24) is 9.80 Å². The van der Waals surface area contributed by atoms with Gasteiger partial charge in [-0.05, 0) is 0 Å². The maximum atomic E-state index is 11.5. The van der Waals surface area contributed by atoms with Gasteiger partial charge in [-0.1, -0.05) is 34.8 Å². The van der Waals surface area contributed by atoms with Crippen LogP contribution in [0.3, 0.4) is 0 Å². The summed E-state index contributed by atoms with van der Waals surface area (Å²) in [6.45, 7) is 1.55. The number of alkyl halides is 3. The topological polar surface area (TPSA) is 49.9 Å². The first kappa shape index (κ1) is 13.7. The standard InChI is InChI=1S/C8H11Cl3N2O3/c9-8(10,11)5-16-7(15)13-3-1-12(6-14)2-4-13/h6H,1-5H2. The van der Waals surface area contributed by atoms with E-state index in [-0.39, 0.29) is 6.61 Å². The smallest absolute Gasteiger partial charge is 0.410 e. The van der Waals surface area contributed by atoms with Crippen molar-refractivity contribution in [2.24, 2.45) is 0 Å². The fraction of sp³-hybridized carbons (Fsp3) is 0.750. The molecule has 1 aliphatic heterocycles. The third-order valence-corrected chi connectivity index (χ3v) is 2.41. The number of ether oxygens (including phenoxy) is 1. The SMILES string of the molecule is O=CN1CCN(C(=O)OCC(Cl)(Cl)Cl)CC1. The molecule has 0 aliphatic carbocycles. The molecule has 1 heterocycles. The molecule has 0 aromatic carbocycles. The number of rotatable bonds is 2. The zero-order valence-electron chi connectivity index (χ0n) is 8.37. The van der Waals surface area contributed by atoms with Gasteiger partial charge in [0.2, 0.25) is 10.2 Å². The Morgan fingerprint density at radius 1 is 1.25 bits per heavy atom. The lowest BCUT2D eigenvalue weighted by Crippen LogP contribution is -2.48. The lowest BCUT2D eigenvalue weighted by atomic mass is 10.3. The van der Waals surface area contributed by atoms with Gasteiger partial charge in [0.25, 0.3) is 0 Å². The minimum Gasteiger partial charge on any atom is -0.445 e. The van der Waals surface area contributed by atoms with Gasteiger partial charge in [0.05, 0.1) is 0 Å². The molecule has 1 saturated heterocycles. The lowest BCUT2D eigenvalue weighted by molar-refractivity contribution is -0.119. The van der Waals surface area contributed by atoms with E-state index in [2.05, 4.69) is 0 Å². The molecule has 2 amide bonds. The number of amides is 2. The summed E-state index contributed by atoms with van der Waals surface area (Å²) in [6, 6.07) is 0. The second kappa shape index (κ2) is 5.80. The van der Waals surface area contributed by atoms with E-state index in [9.17, 15) is 9.59 Å². The van der Waals surface area contributed by atoms with Gasteiger partial charge in [-0.25, -0.2) is 4.79 Å². The van der Waals surface area contributed by atoms with Gasteiger partial charge < -0.3 is 14.5 Å². The van der Waals surface area contributed by atoms with Crippen LogP contribution in [0.25, 0.3) is 0 Å². The predicted molar refractivity (Wildman–Crippen MR) is 60.8 cm³/mol. The molecule has 5 nitrogen and oxygen atoms in total. The molecule has 0 bridgehead atoms. The zero-order valence-corrected chi connectivity index (χ0v) is 10.6. The van der Waals surface area contributed by atoms with E-state index in [1.54, 1.807) is 4.90 Å². The molecule has 0 unspecified atom stereocenters. The average molecular weight is 290 g/mol. The van der Waals surface area contributed by atoms with Crippen molar-refractivity contribution >= 4 is 47.3 Å². The average Bonchev–Trinajstić information content (AvgIpc) is 2.25. The van der Waals surface area contributed by atoms with Crippen molar-refractivity contribution in [2.75, 3.05) is 32.8 Å². The molecular weight excluding hydrogens is 278 g/mol. The first-order valence-corrected chi connectivity index (χ1v) is 5.73. The van der Waals surface area contributed by atoms with Crippen LogP contribution in [0, 0.1) is 0 Å². The molecule has 0 aromatic heterocycles. The lowest BCUT2D eigenvalue weighted by Gasteiger charge is -2.32. The van der Waals surface area contributed by atoms with E-state index < -0.39 is 9.89 Å². The highest BCUT2D eigenvalue weighted by Crippen LogP contribution is 2.26. The number of nitrogens with zero attached hydrogens (tertiary/aromatic N) is 2. The summed E-state index contributed by atoms with van der Waals surface area (Å²) < 4.78 is 3.20. The van der Waals surface area contributed by atoms with E-state index in [4.69, 9.17) is 39.5 Å². The molecule has 8 heteroatoms. The van der Waals surface area contributed by atoms with Crippen molar-refractivity contribution in [3.05, 3.63) is 0 Å². The van der Waals surface area contributed by atoms with Crippen molar-refractivity contribution in [1.29, 1.82) is 0 Å². The maximum Gasteiger partial charge on any atom is 0.410 e. The summed E-state index contributed by atoms with van der Waals surface area (Å²) in [7, 11) is 0. The van der Waals surface area contributed by atoms with Crippen LogP contribution in [-0.2, 0) is 9.53 Å². The minimum absolute atomic E-state index is 0.287. The molecule has 1 rings (SSSR count). The molecule has 16 heavy (non-hydrogen) atoms. The van der Waals surface area contributed by atoms with Gasteiger partial charge in [0.15, 0.2) is 0 Å². The number of carbonyl (C=O) groups excluding carboxylic acids is 2. The van der Waals surface area contributed by atoms with Crippen LogP contribution >= 0.6 is 34.8 Å². The van der Waals surface area contributed by atoms with Crippen molar-refractivity contribution in [3.63, 3.8) is 0 Å². The first-order chi connectivity index (χ1) is 7.42. The second-order valence-corrected chi connectivity index (χ2v) is 5.81. The van der Waals surface area contributed by atoms with Crippen LogP contribution < -0.4 is 0 Å². The van der Waals surface area contributed by atoms with Crippen molar-refractivity contribution < 1.29 is 14.3 Å². The largest absolute Gasteiger partial charge is 0.445 e. The van der Waals surface area contributed by atoms with Gasteiger partial charge in [0.1, 0.15) is 6.61 Å². The van der Waals surface area contributed by atoms with Crippen molar-refractivity contribution in [3.8, 4) is 0 Å². The number of halogens is 3. The zero-order chi connectivity index (χ0) is 12.2. The Labute approximate surface area is 108 Å². The quantitative estimate of drug-likeness (QED) is 0.568. The van der Waals surface area contributed by atoms with Crippen LogP contribution in [0.1, 0.15) is 0 Å². The maximum absolute atomic E-state index is 11.5. The van der Waals surface area contributed by atoms with E-state index in [0.717, 1.165) is 6.41 Å². The Bertz CT molecular complexity index is 262. The molecule has 0 saturated carbocycles. The van der Waals surface area contributed by atoms with Crippen LogP contribution in [0.15, 0.2) is 0 Å². The van der Waals surface area contributed by atoms with Gasteiger partial charge in [-0.15, -0.1) is 0 Å². The minimum atomic E-state index is -1.60. The number of hydrogen-bond acceptors (Lipinski definition) is 3. The van der Waals surface area contributed by atoms with E-state index in [0.29, 0.717) is 26.2 Å². The molecule has 0 spiro atoms. The number of carbonyl (C=O) groups is 2. The highest BCUT2D eigenvalue weighted by atomic mass is 35.6. The molecule has 0 atom stereocenters. The monoisotopic (exact) mass is 288 g/mol. The van der Waals surface area contributed by atoms with E-state index in [1.807, 2.05) is 0 Å². The Morgan fingerprint density at radius 2 is 1.81 bits per heavy atom. The third-order valence-electron chi connectivity index (χ3n) is 2.08. The Balaban J connectivity index is 2.31. The summed E-state index contributed by atoms with van der Waals surface area (Å²) in [5.74, 6) is 0. The van der Waals surface area contributed by atoms with Crippen LogP contribution in [0.2, 0.25) is 0 Å². The summed E-state index contributed by atoms with van der Waals surface area (Å²) in [6.07, 6.45) is 0.223. The molecule has 0 N–H and O–H groups in total. The highest BCUT2D eigenvalue weighted by molar-refractivity contribution is 6.67. The second-order valence-electron chi connectivity index (χ2n) is 3.30. The van der Waals surface area contributed by atoms with Gasteiger partial charge in [-0.3, -0.25) is 4.79 Å². The Hall–Kier alpha value is -0.390. The van der Waals surface area contributed by atoms with E-state index >= 15 is 0 Å². The molecule has 1 aliphatic rings. The summed E-state index contributed by atoms with van der Waals surface area (Å²) in [5.41, 5.74) is 0. The van der Waals surface area contributed by atoms with Crippen LogP contribution in [0.4, 0.5) is 4.79 Å². The fourth-order valence-electron chi connectivity index (χ4n) is 1.24. The molecular formula is C8H11Cl3N2O3. The Kier molecular flexibility index (Phi) is 4.95. The fourth-order valence-corrected chi connectivity index (χ4v) is 1.41. The van der Waals surface area contributed by atoms with Gasteiger partial charge in [-0.2, -0.15) is 0 Å². The Morgan fingerprint density at radius 3 is 2.25 bits per heavy atom. The first-order valence-electron chi connectivity index (χ1n) is 4.60. The molecule has 92 valence electrons. The molecule has 0 aromatic rings. The normalized spacial score (nSPS) is 17.2. The van der Waals surface area contributed by atoms with Crippen LogP contribution in [0.5, 0.6) is 0 Å². The van der Waals surface area contributed by atoms with Crippen molar-refractivity contribution in [2.45, 2.75) is 3.79 Å². The highest BCUT2D eigenvalue weighted by Gasteiger charge is 2.26. The summed E-state index contributed by atoms with van der Waals surface area (Å²) >= 11 is 16.3. The predicted octanol–water partition coefficient (Wildman–Crippen LogP) is 1.27. The summed E-state index contributed by atoms with van der Waals surface area (Å²) in [5, 5.41) is 0. The van der Waals surface area contributed by atoms with E-state index in [1.165, 1.54) is 4.90 Å². The van der Waals surface area contributed by atoms with Gasteiger partial charge >= 0.3 is 6.09 Å². The molecule has 1 fully saturated rings. The van der Waals surface area contributed by atoms with Gasteiger partial charge in [0, 0.05) is 26.2 Å². The molecule has 0 radical (unpaired) electrons. The number of piperazine rings is 1.